The Morgan fingerprint density at radius 1 is 1.10 bits per heavy atom. The standard InChI is InChI=1S/C22H22ClN3O3/c1-13-6-5-7-18(15(13)3)24-22(28)16(4)29-20-10-11-21(27)26(25-20)19-12-17(23)9-8-14(19)2/h5-12,16H,1-4H3,(H,24,28)/t16-/m0/s1. The maximum atomic E-state index is 12.6. The molecule has 0 fully saturated rings. The van der Waals surface area contributed by atoms with E-state index in [0.717, 1.165) is 22.4 Å². The van der Waals surface area contributed by atoms with Crippen molar-refractivity contribution in [3.05, 3.63) is 80.6 Å². The molecule has 2 aromatic carbocycles. The number of nitrogens with zero attached hydrogens (tertiary/aromatic N) is 2. The van der Waals surface area contributed by atoms with E-state index in [0.29, 0.717) is 10.7 Å². The van der Waals surface area contributed by atoms with E-state index < -0.39 is 6.10 Å². The van der Waals surface area contributed by atoms with Crippen LogP contribution in [0.3, 0.4) is 0 Å². The van der Waals surface area contributed by atoms with E-state index in [9.17, 15) is 9.59 Å². The molecule has 7 heteroatoms. The summed E-state index contributed by atoms with van der Waals surface area (Å²) in [6, 6.07) is 13.7. The van der Waals surface area contributed by atoms with E-state index in [4.69, 9.17) is 16.3 Å². The lowest BCUT2D eigenvalue weighted by atomic mass is 10.1. The second-order valence-electron chi connectivity index (χ2n) is 6.85. The lowest BCUT2D eigenvalue weighted by Gasteiger charge is -2.16. The first kappa shape index (κ1) is 20.6. The third-order valence-electron chi connectivity index (χ3n) is 4.70. The van der Waals surface area contributed by atoms with Gasteiger partial charge in [0.2, 0.25) is 5.88 Å². The van der Waals surface area contributed by atoms with Crippen LogP contribution in [0.4, 0.5) is 5.69 Å². The summed E-state index contributed by atoms with van der Waals surface area (Å²) in [5.74, 6) is -0.148. The van der Waals surface area contributed by atoms with Crippen LogP contribution in [0.25, 0.3) is 5.69 Å². The first-order valence-corrected chi connectivity index (χ1v) is 9.54. The molecule has 3 aromatic rings. The van der Waals surface area contributed by atoms with E-state index in [1.165, 1.54) is 16.8 Å². The fraction of sp³-hybridized carbons (Fsp3) is 0.227. The Bertz CT molecular complexity index is 1120. The average Bonchev–Trinajstić information content (AvgIpc) is 2.69. The molecular formula is C22H22ClN3O3. The van der Waals surface area contributed by atoms with Crippen LogP contribution < -0.4 is 15.6 Å². The second-order valence-corrected chi connectivity index (χ2v) is 7.29. The van der Waals surface area contributed by atoms with Crippen LogP contribution in [0, 0.1) is 20.8 Å². The van der Waals surface area contributed by atoms with Crippen LogP contribution in [0.2, 0.25) is 5.02 Å². The Hall–Kier alpha value is -3.12. The molecule has 3 rings (SSSR count). The van der Waals surface area contributed by atoms with Gasteiger partial charge < -0.3 is 10.1 Å². The summed E-state index contributed by atoms with van der Waals surface area (Å²) < 4.78 is 6.90. The molecule has 1 heterocycles. The molecule has 0 spiro atoms. The fourth-order valence-corrected chi connectivity index (χ4v) is 2.96. The van der Waals surface area contributed by atoms with Crippen molar-refractivity contribution in [1.29, 1.82) is 0 Å². The molecule has 0 aliphatic heterocycles. The quantitative estimate of drug-likeness (QED) is 0.682. The number of hydrogen-bond acceptors (Lipinski definition) is 4. The molecular weight excluding hydrogens is 390 g/mol. The van der Waals surface area contributed by atoms with Crippen molar-refractivity contribution in [3.63, 3.8) is 0 Å². The summed E-state index contributed by atoms with van der Waals surface area (Å²) in [6.07, 6.45) is -0.811. The fourth-order valence-electron chi connectivity index (χ4n) is 2.80. The Morgan fingerprint density at radius 2 is 1.86 bits per heavy atom. The number of nitrogens with one attached hydrogen (secondary N) is 1. The van der Waals surface area contributed by atoms with Crippen molar-refractivity contribution >= 4 is 23.2 Å². The summed E-state index contributed by atoms with van der Waals surface area (Å²) in [4.78, 5) is 24.8. The second kappa shape index (κ2) is 8.49. The number of aryl methyl sites for hydroxylation is 2. The van der Waals surface area contributed by atoms with Gasteiger partial charge in [0.25, 0.3) is 11.5 Å². The molecule has 0 unspecified atom stereocenters. The number of amides is 1. The smallest absolute Gasteiger partial charge is 0.271 e. The number of rotatable bonds is 5. The molecule has 1 N–H and O–H groups in total. The molecule has 1 atom stereocenters. The molecule has 0 radical (unpaired) electrons. The van der Waals surface area contributed by atoms with Gasteiger partial charge in [0.1, 0.15) is 0 Å². The Labute approximate surface area is 174 Å². The van der Waals surface area contributed by atoms with Gasteiger partial charge in [0, 0.05) is 22.8 Å². The zero-order valence-electron chi connectivity index (χ0n) is 16.7. The predicted octanol–water partition coefficient (Wildman–Crippen LogP) is 4.22. The van der Waals surface area contributed by atoms with Crippen molar-refractivity contribution in [2.45, 2.75) is 33.8 Å². The number of anilines is 1. The highest BCUT2D eigenvalue weighted by atomic mass is 35.5. The zero-order valence-corrected chi connectivity index (χ0v) is 17.4. The Morgan fingerprint density at radius 3 is 2.62 bits per heavy atom. The van der Waals surface area contributed by atoms with Gasteiger partial charge in [-0.1, -0.05) is 29.8 Å². The highest BCUT2D eigenvalue weighted by Crippen LogP contribution is 2.20. The van der Waals surface area contributed by atoms with E-state index >= 15 is 0 Å². The lowest BCUT2D eigenvalue weighted by Crippen LogP contribution is -2.31. The van der Waals surface area contributed by atoms with Gasteiger partial charge in [-0.05, 0) is 62.6 Å². The maximum Gasteiger partial charge on any atom is 0.271 e. The molecule has 6 nitrogen and oxygen atoms in total. The number of ether oxygens (including phenoxy) is 1. The molecule has 0 aliphatic rings. The first-order valence-electron chi connectivity index (χ1n) is 9.17. The normalized spacial score (nSPS) is 11.8. The van der Waals surface area contributed by atoms with Gasteiger partial charge in [-0.25, -0.2) is 0 Å². The van der Waals surface area contributed by atoms with Gasteiger partial charge in [-0.15, -0.1) is 5.10 Å². The number of halogens is 1. The van der Waals surface area contributed by atoms with Gasteiger partial charge in [-0.2, -0.15) is 4.68 Å². The Kier molecular flexibility index (Phi) is 6.03. The van der Waals surface area contributed by atoms with Crippen LogP contribution >= 0.6 is 11.6 Å². The summed E-state index contributed by atoms with van der Waals surface area (Å²) in [5.41, 5.74) is 3.88. The molecule has 0 bridgehead atoms. The van der Waals surface area contributed by atoms with E-state index in [-0.39, 0.29) is 17.3 Å². The zero-order chi connectivity index (χ0) is 21.1. The number of carbonyl (C=O) groups is 1. The van der Waals surface area contributed by atoms with Crippen LogP contribution in [-0.4, -0.2) is 21.8 Å². The van der Waals surface area contributed by atoms with Gasteiger partial charge in [0.05, 0.1) is 5.69 Å². The minimum absolute atomic E-state index is 0.160. The van der Waals surface area contributed by atoms with Crippen molar-refractivity contribution in [1.82, 2.24) is 9.78 Å². The molecule has 1 aromatic heterocycles. The van der Waals surface area contributed by atoms with E-state index in [1.807, 2.05) is 39.0 Å². The van der Waals surface area contributed by atoms with Crippen molar-refractivity contribution in [2.75, 3.05) is 5.32 Å². The van der Waals surface area contributed by atoms with Crippen molar-refractivity contribution in [3.8, 4) is 11.6 Å². The highest BCUT2D eigenvalue weighted by molar-refractivity contribution is 6.30. The largest absolute Gasteiger partial charge is 0.463 e. The number of benzene rings is 2. The van der Waals surface area contributed by atoms with Gasteiger partial charge >= 0.3 is 0 Å². The summed E-state index contributed by atoms with van der Waals surface area (Å²) >= 11 is 6.06. The molecule has 0 aliphatic carbocycles. The van der Waals surface area contributed by atoms with Crippen LogP contribution in [0.15, 0.2) is 53.3 Å². The molecule has 29 heavy (non-hydrogen) atoms. The highest BCUT2D eigenvalue weighted by Gasteiger charge is 2.17. The van der Waals surface area contributed by atoms with Gasteiger partial charge in [0.15, 0.2) is 6.10 Å². The van der Waals surface area contributed by atoms with Gasteiger partial charge in [-0.3, -0.25) is 9.59 Å². The minimum Gasteiger partial charge on any atom is -0.463 e. The molecule has 0 saturated heterocycles. The topological polar surface area (TPSA) is 73.2 Å². The molecule has 1 amide bonds. The first-order chi connectivity index (χ1) is 13.8. The maximum absolute atomic E-state index is 12.6. The van der Waals surface area contributed by atoms with Crippen molar-refractivity contribution in [2.24, 2.45) is 0 Å². The number of carbonyl (C=O) groups excluding carboxylic acids is 1. The van der Waals surface area contributed by atoms with Crippen molar-refractivity contribution < 1.29 is 9.53 Å². The number of hydrogen-bond donors (Lipinski definition) is 1. The monoisotopic (exact) mass is 411 g/mol. The third kappa shape index (κ3) is 4.66. The van der Waals surface area contributed by atoms with E-state index in [1.54, 1.807) is 25.1 Å². The minimum atomic E-state index is -0.811. The van der Waals surface area contributed by atoms with E-state index in [2.05, 4.69) is 10.4 Å². The summed E-state index contributed by atoms with van der Waals surface area (Å²) in [7, 11) is 0. The predicted molar refractivity (Wildman–Crippen MR) is 114 cm³/mol. The summed E-state index contributed by atoms with van der Waals surface area (Å²) in [5, 5.41) is 7.61. The Balaban J connectivity index is 1.81. The average molecular weight is 412 g/mol. The van der Waals surface area contributed by atoms with Crippen LogP contribution in [0.1, 0.15) is 23.6 Å². The molecule has 150 valence electrons. The van der Waals surface area contributed by atoms with Crippen LogP contribution in [-0.2, 0) is 4.79 Å². The molecule has 0 saturated carbocycles. The number of aromatic nitrogens is 2. The van der Waals surface area contributed by atoms with Crippen LogP contribution in [0.5, 0.6) is 5.88 Å². The summed E-state index contributed by atoms with van der Waals surface area (Å²) in [6.45, 7) is 7.41. The lowest BCUT2D eigenvalue weighted by molar-refractivity contribution is -0.122. The third-order valence-corrected chi connectivity index (χ3v) is 4.94. The SMILES string of the molecule is Cc1ccc(Cl)cc1-n1nc(O[C@@H](C)C(=O)Nc2cccc(C)c2C)ccc1=O.